The molecule has 0 amide bonds. The van der Waals surface area contributed by atoms with Gasteiger partial charge < -0.3 is 4.74 Å². The topological polar surface area (TPSA) is 50.1 Å². The van der Waals surface area contributed by atoms with Gasteiger partial charge in [0.2, 0.25) is 0 Å². The van der Waals surface area contributed by atoms with Crippen LogP contribution in [0.4, 0.5) is 0 Å². The van der Waals surface area contributed by atoms with Gasteiger partial charge in [-0.2, -0.15) is 5.26 Å². The molecule has 3 heteroatoms. The fraction of sp³-hybridized carbons (Fsp3) is 0.636. The lowest BCUT2D eigenvalue weighted by Gasteiger charge is -2.20. The van der Waals surface area contributed by atoms with Gasteiger partial charge in [-0.05, 0) is 24.8 Å². The SMILES string of the molecule is CCOC(=O)/C(C#N)=C(\C)C(C)(C)C. The second-order valence-electron chi connectivity index (χ2n) is 4.08. The van der Waals surface area contributed by atoms with E-state index in [1.807, 2.05) is 26.8 Å². The van der Waals surface area contributed by atoms with Crippen molar-refractivity contribution in [3.8, 4) is 6.07 Å². The second-order valence-corrected chi connectivity index (χ2v) is 4.08. The minimum Gasteiger partial charge on any atom is -0.462 e. The summed E-state index contributed by atoms with van der Waals surface area (Å²) in [7, 11) is 0. The Kier molecular flexibility index (Phi) is 4.36. The van der Waals surface area contributed by atoms with E-state index in [1.54, 1.807) is 13.8 Å². The summed E-state index contributed by atoms with van der Waals surface area (Å²) in [5.41, 5.74) is 0.704. The third-order valence-corrected chi connectivity index (χ3v) is 2.09. The van der Waals surface area contributed by atoms with Crippen molar-refractivity contribution in [2.45, 2.75) is 34.6 Å². The average molecular weight is 195 g/mol. The van der Waals surface area contributed by atoms with Gasteiger partial charge in [-0.3, -0.25) is 0 Å². The molecule has 3 nitrogen and oxygen atoms in total. The van der Waals surface area contributed by atoms with Crippen LogP contribution in [0.15, 0.2) is 11.1 Å². The van der Waals surface area contributed by atoms with Crippen LogP contribution < -0.4 is 0 Å². The number of allylic oxidation sites excluding steroid dienone is 1. The predicted octanol–water partition coefficient (Wildman–Crippen LogP) is 2.44. The average Bonchev–Trinajstić information content (AvgIpc) is 2.04. The van der Waals surface area contributed by atoms with Crippen LogP contribution >= 0.6 is 0 Å². The van der Waals surface area contributed by atoms with Gasteiger partial charge in [-0.15, -0.1) is 0 Å². The van der Waals surface area contributed by atoms with E-state index in [0.717, 1.165) is 5.57 Å². The van der Waals surface area contributed by atoms with Crippen molar-refractivity contribution in [1.82, 2.24) is 0 Å². The molecule has 78 valence electrons. The molecule has 0 saturated carbocycles. The molecule has 0 aliphatic rings. The largest absolute Gasteiger partial charge is 0.462 e. The maximum Gasteiger partial charge on any atom is 0.348 e. The number of esters is 1. The first-order valence-corrected chi connectivity index (χ1v) is 4.63. The number of rotatable bonds is 2. The van der Waals surface area contributed by atoms with Crippen LogP contribution in [-0.4, -0.2) is 12.6 Å². The first-order chi connectivity index (χ1) is 6.34. The molecule has 0 aliphatic heterocycles. The normalized spacial score (nSPS) is 12.9. The van der Waals surface area contributed by atoms with Crippen LogP contribution in [0.2, 0.25) is 0 Å². The van der Waals surface area contributed by atoms with Crippen LogP contribution in [0.25, 0.3) is 0 Å². The van der Waals surface area contributed by atoms with Crippen molar-refractivity contribution < 1.29 is 9.53 Å². The quantitative estimate of drug-likeness (QED) is 0.386. The van der Waals surface area contributed by atoms with Crippen molar-refractivity contribution in [2.24, 2.45) is 5.41 Å². The van der Waals surface area contributed by atoms with Gasteiger partial charge in [0.15, 0.2) is 0 Å². The fourth-order valence-corrected chi connectivity index (χ4v) is 0.861. The molecule has 0 fully saturated rings. The number of hydrogen-bond acceptors (Lipinski definition) is 3. The lowest BCUT2D eigenvalue weighted by atomic mass is 9.84. The Morgan fingerprint density at radius 2 is 1.93 bits per heavy atom. The summed E-state index contributed by atoms with van der Waals surface area (Å²) in [4.78, 5) is 11.4. The Bertz CT molecular complexity index is 289. The van der Waals surface area contributed by atoms with E-state index in [1.165, 1.54) is 0 Å². The summed E-state index contributed by atoms with van der Waals surface area (Å²) in [6.45, 7) is 9.67. The van der Waals surface area contributed by atoms with Crippen LogP contribution in [0.3, 0.4) is 0 Å². The van der Waals surface area contributed by atoms with Gasteiger partial charge in [0.1, 0.15) is 11.6 Å². The summed E-state index contributed by atoms with van der Waals surface area (Å²) in [6.07, 6.45) is 0. The van der Waals surface area contributed by atoms with E-state index in [2.05, 4.69) is 0 Å². The van der Waals surface area contributed by atoms with Gasteiger partial charge in [-0.25, -0.2) is 4.79 Å². The van der Waals surface area contributed by atoms with Crippen LogP contribution in [-0.2, 0) is 9.53 Å². The third-order valence-electron chi connectivity index (χ3n) is 2.09. The van der Waals surface area contributed by atoms with Crippen molar-refractivity contribution in [3.05, 3.63) is 11.1 Å². The van der Waals surface area contributed by atoms with Gasteiger partial charge >= 0.3 is 5.97 Å². The molecule has 0 N–H and O–H groups in total. The Balaban J connectivity index is 5.08. The van der Waals surface area contributed by atoms with E-state index in [9.17, 15) is 4.79 Å². The molecule has 0 rings (SSSR count). The molecule has 14 heavy (non-hydrogen) atoms. The van der Waals surface area contributed by atoms with Crippen LogP contribution in [0, 0.1) is 16.7 Å². The molecule has 0 aliphatic carbocycles. The zero-order valence-electron chi connectivity index (χ0n) is 9.47. The number of nitriles is 1. The Labute approximate surface area is 85.4 Å². The molecular formula is C11H17NO2. The monoisotopic (exact) mass is 195 g/mol. The molecule has 0 bridgehead atoms. The second kappa shape index (κ2) is 4.80. The summed E-state index contributed by atoms with van der Waals surface area (Å²) < 4.78 is 4.79. The minimum absolute atomic E-state index is 0.124. The number of ether oxygens (including phenoxy) is 1. The van der Waals surface area contributed by atoms with Gasteiger partial charge in [0.25, 0.3) is 0 Å². The number of carbonyl (C=O) groups is 1. The Morgan fingerprint density at radius 1 is 1.43 bits per heavy atom. The Hall–Kier alpha value is -1.30. The highest BCUT2D eigenvalue weighted by Gasteiger charge is 2.22. The lowest BCUT2D eigenvalue weighted by molar-refractivity contribution is -0.138. The maximum atomic E-state index is 11.4. The number of nitrogens with zero attached hydrogens (tertiary/aromatic N) is 1. The molecule has 0 heterocycles. The summed E-state index contributed by atoms with van der Waals surface area (Å²) >= 11 is 0. The summed E-state index contributed by atoms with van der Waals surface area (Å²) in [5.74, 6) is -0.526. The zero-order chi connectivity index (χ0) is 11.4. The molecule has 0 radical (unpaired) electrons. The first kappa shape index (κ1) is 12.7. The third kappa shape index (κ3) is 3.21. The molecular weight excluding hydrogens is 178 g/mol. The minimum atomic E-state index is -0.526. The van der Waals surface area contributed by atoms with Gasteiger partial charge in [0, 0.05) is 0 Å². The summed E-state index contributed by atoms with van der Waals surface area (Å²) in [6, 6.07) is 1.90. The smallest absolute Gasteiger partial charge is 0.348 e. The highest BCUT2D eigenvalue weighted by atomic mass is 16.5. The van der Waals surface area contributed by atoms with E-state index < -0.39 is 5.97 Å². The lowest BCUT2D eigenvalue weighted by Crippen LogP contribution is -2.15. The van der Waals surface area contributed by atoms with Gasteiger partial charge in [-0.1, -0.05) is 20.8 Å². The number of hydrogen-bond donors (Lipinski definition) is 0. The maximum absolute atomic E-state index is 11.4. The fourth-order valence-electron chi connectivity index (χ4n) is 0.861. The Morgan fingerprint density at radius 3 is 2.21 bits per heavy atom. The first-order valence-electron chi connectivity index (χ1n) is 4.63. The molecule has 0 aromatic rings. The van der Waals surface area contributed by atoms with E-state index in [0.29, 0.717) is 6.61 Å². The standard InChI is InChI=1S/C11H17NO2/c1-6-14-10(13)9(7-12)8(2)11(3,4)5/h6H2,1-5H3/b9-8+. The summed E-state index contributed by atoms with van der Waals surface area (Å²) in [5, 5.41) is 8.85. The molecule has 0 unspecified atom stereocenters. The van der Waals surface area contributed by atoms with Crippen molar-refractivity contribution >= 4 is 5.97 Å². The molecule has 0 aromatic heterocycles. The zero-order valence-corrected chi connectivity index (χ0v) is 9.47. The van der Waals surface area contributed by atoms with Crippen molar-refractivity contribution in [3.63, 3.8) is 0 Å². The van der Waals surface area contributed by atoms with E-state index in [4.69, 9.17) is 10.00 Å². The van der Waals surface area contributed by atoms with Crippen LogP contribution in [0.5, 0.6) is 0 Å². The highest BCUT2D eigenvalue weighted by Crippen LogP contribution is 2.27. The molecule has 0 spiro atoms. The predicted molar refractivity (Wildman–Crippen MR) is 54.4 cm³/mol. The van der Waals surface area contributed by atoms with Crippen LogP contribution in [0.1, 0.15) is 34.6 Å². The van der Waals surface area contributed by atoms with Crippen molar-refractivity contribution in [2.75, 3.05) is 6.61 Å². The van der Waals surface area contributed by atoms with E-state index in [-0.39, 0.29) is 11.0 Å². The molecule has 0 saturated heterocycles. The van der Waals surface area contributed by atoms with E-state index >= 15 is 0 Å². The highest BCUT2D eigenvalue weighted by molar-refractivity contribution is 5.93. The molecule has 0 atom stereocenters. The van der Waals surface area contributed by atoms with Gasteiger partial charge in [0.05, 0.1) is 6.61 Å². The number of carbonyl (C=O) groups excluding carboxylic acids is 1. The van der Waals surface area contributed by atoms with Crippen molar-refractivity contribution in [1.29, 1.82) is 5.26 Å². The molecule has 0 aromatic carbocycles.